The van der Waals surface area contributed by atoms with Gasteiger partial charge in [0.05, 0.1) is 5.56 Å². The molecule has 2 aromatic carbocycles. The second-order valence-electron chi connectivity index (χ2n) is 5.71. The Morgan fingerprint density at radius 3 is 2.60 bits per heavy atom. The molecule has 1 amide bonds. The normalized spacial score (nSPS) is 13.5. The van der Waals surface area contributed by atoms with Crippen molar-refractivity contribution in [2.75, 3.05) is 0 Å². The van der Waals surface area contributed by atoms with Gasteiger partial charge in [0.2, 0.25) is 0 Å². The third kappa shape index (κ3) is 5.07. The Bertz CT molecular complexity index is 776. The van der Waals surface area contributed by atoms with Gasteiger partial charge in [-0.05, 0) is 39.0 Å². The summed E-state index contributed by atoms with van der Waals surface area (Å²) >= 11 is 6.14. The Balaban J connectivity index is 2.11. The molecule has 0 radical (unpaired) electrons. The first-order valence-corrected chi connectivity index (χ1v) is 8.44. The van der Waals surface area contributed by atoms with Crippen LogP contribution in [-0.4, -0.2) is 11.9 Å². The highest BCUT2D eigenvalue weighted by Crippen LogP contribution is 2.28. The minimum atomic E-state index is -0.631. The van der Waals surface area contributed by atoms with Crippen LogP contribution in [0.3, 0.4) is 0 Å². The fourth-order valence-corrected chi connectivity index (χ4v) is 2.74. The summed E-state index contributed by atoms with van der Waals surface area (Å²) in [6.45, 7) is 5.51. The van der Waals surface area contributed by atoms with Crippen LogP contribution >= 0.6 is 11.6 Å². The zero-order valence-electron chi connectivity index (χ0n) is 14.4. The van der Waals surface area contributed by atoms with Crippen LogP contribution in [0.25, 0.3) is 0 Å². The Morgan fingerprint density at radius 2 is 1.96 bits per heavy atom. The Hall–Kier alpha value is -2.33. The number of hydrogen-bond acceptors (Lipinski definition) is 2. The van der Waals surface area contributed by atoms with Crippen molar-refractivity contribution in [3.63, 3.8) is 0 Å². The molecule has 25 heavy (non-hydrogen) atoms. The van der Waals surface area contributed by atoms with E-state index in [0.717, 1.165) is 5.56 Å². The number of halogens is 2. The van der Waals surface area contributed by atoms with Crippen LogP contribution in [0.2, 0.25) is 5.02 Å². The molecule has 1 N–H and O–H groups in total. The average molecular weight is 362 g/mol. The first kappa shape index (κ1) is 19.0. The van der Waals surface area contributed by atoms with Crippen molar-refractivity contribution in [1.82, 2.24) is 5.32 Å². The van der Waals surface area contributed by atoms with E-state index in [1.54, 1.807) is 12.1 Å². The lowest BCUT2D eigenvalue weighted by Gasteiger charge is -2.17. The van der Waals surface area contributed by atoms with Crippen molar-refractivity contribution in [3.05, 3.63) is 76.6 Å². The molecule has 0 heterocycles. The number of carbonyl (C=O) groups is 1. The molecular formula is C20H21ClFNO2. The van der Waals surface area contributed by atoms with Crippen molar-refractivity contribution in [3.8, 4) is 5.75 Å². The molecule has 2 atom stereocenters. The lowest BCUT2D eigenvalue weighted by Crippen LogP contribution is -2.31. The summed E-state index contributed by atoms with van der Waals surface area (Å²) in [5.41, 5.74) is 0.792. The first-order valence-electron chi connectivity index (χ1n) is 8.06. The van der Waals surface area contributed by atoms with Gasteiger partial charge in [-0.15, -0.1) is 0 Å². The molecule has 0 bridgehead atoms. The highest BCUT2D eigenvalue weighted by molar-refractivity contribution is 6.31. The number of hydrogen-bond donors (Lipinski definition) is 1. The summed E-state index contributed by atoms with van der Waals surface area (Å²) in [5, 5.41) is 3.29. The Labute approximate surface area is 152 Å². The second kappa shape index (κ2) is 8.67. The molecule has 0 aliphatic heterocycles. The number of nitrogens with one attached hydrogen (secondary N) is 1. The van der Waals surface area contributed by atoms with Gasteiger partial charge >= 0.3 is 0 Å². The molecule has 0 unspecified atom stereocenters. The van der Waals surface area contributed by atoms with E-state index in [0.29, 0.717) is 10.8 Å². The maximum Gasteiger partial charge on any atom is 0.254 e. The molecule has 0 aliphatic rings. The number of benzene rings is 2. The maximum absolute atomic E-state index is 14.3. The maximum atomic E-state index is 14.3. The van der Waals surface area contributed by atoms with Gasteiger partial charge in [0.15, 0.2) is 0 Å². The molecule has 132 valence electrons. The summed E-state index contributed by atoms with van der Waals surface area (Å²) in [5.74, 6) is -0.759. The van der Waals surface area contributed by atoms with Crippen LogP contribution in [-0.2, 0) is 0 Å². The predicted octanol–water partition coefficient (Wildman–Crippen LogP) is 5.31. The smallest absolute Gasteiger partial charge is 0.254 e. The summed E-state index contributed by atoms with van der Waals surface area (Å²) in [6.07, 6.45) is 3.30. The monoisotopic (exact) mass is 361 g/mol. The third-order valence-electron chi connectivity index (χ3n) is 3.68. The number of amides is 1. The van der Waals surface area contributed by atoms with Gasteiger partial charge in [0, 0.05) is 22.7 Å². The van der Waals surface area contributed by atoms with E-state index < -0.39 is 11.7 Å². The van der Waals surface area contributed by atoms with Crippen molar-refractivity contribution < 1.29 is 13.9 Å². The third-order valence-corrected chi connectivity index (χ3v) is 4.03. The minimum Gasteiger partial charge on any atom is -0.486 e. The van der Waals surface area contributed by atoms with Crippen LogP contribution in [0, 0.1) is 5.82 Å². The average Bonchev–Trinajstić information content (AvgIpc) is 2.55. The van der Waals surface area contributed by atoms with E-state index in [1.807, 2.05) is 51.1 Å². The van der Waals surface area contributed by atoms with Gasteiger partial charge in [-0.3, -0.25) is 4.79 Å². The second-order valence-corrected chi connectivity index (χ2v) is 6.12. The molecule has 0 aliphatic carbocycles. The van der Waals surface area contributed by atoms with E-state index in [9.17, 15) is 9.18 Å². The SMILES string of the molecule is C/C=C/[C@@H](C)NC(=O)c1ccc(O[C@@H](C)c2ccccc2Cl)cc1F. The van der Waals surface area contributed by atoms with Gasteiger partial charge in [0.25, 0.3) is 5.91 Å². The highest BCUT2D eigenvalue weighted by Gasteiger charge is 2.16. The molecule has 0 fully saturated rings. The first-order chi connectivity index (χ1) is 11.9. The topological polar surface area (TPSA) is 38.3 Å². The standard InChI is InChI=1S/C20H21ClFNO2/c1-4-7-13(2)23-20(24)17-11-10-15(12-19(17)22)25-14(3)16-8-5-6-9-18(16)21/h4-14H,1-3H3,(H,23,24)/b7-4+/t13-,14+/m1/s1. The molecule has 0 saturated carbocycles. The zero-order chi connectivity index (χ0) is 18.4. The molecule has 2 rings (SSSR count). The molecule has 3 nitrogen and oxygen atoms in total. The van der Waals surface area contributed by atoms with Gasteiger partial charge in [-0.1, -0.05) is 42.0 Å². The van der Waals surface area contributed by atoms with Crippen molar-refractivity contribution in [2.24, 2.45) is 0 Å². The molecule has 0 aromatic heterocycles. The van der Waals surface area contributed by atoms with Crippen molar-refractivity contribution in [1.29, 1.82) is 0 Å². The van der Waals surface area contributed by atoms with E-state index in [-0.39, 0.29) is 17.7 Å². The highest BCUT2D eigenvalue weighted by atomic mass is 35.5. The Kier molecular flexibility index (Phi) is 6.59. The van der Waals surface area contributed by atoms with Crippen LogP contribution in [0.1, 0.15) is 42.8 Å². The molecule has 0 spiro atoms. The number of rotatable bonds is 6. The summed E-state index contributed by atoms with van der Waals surface area (Å²) in [6, 6.07) is 11.4. The molecule has 0 saturated heterocycles. The number of allylic oxidation sites excluding steroid dienone is 1. The van der Waals surface area contributed by atoms with E-state index in [1.165, 1.54) is 12.1 Å². The van der Waals surface area contributed by atoms with E-state index in [2.05, 4.69) is 5.32 Å². The summed E-state index contributed by atoms with van der Waals surface area (Å²) in [4.78, 5) is 12.1. The summed E-state index contributed by atoms with van der Waals surface area (Å²) in [7, 11) is 0. The molecular weight excluding hydrogens is 341 g/mol. The predicted molar refractivity (Wildman–Crippen MR) is 98.6 cm³/mol. The molecule has 5 heteroatoms. The lowest BCUT2D eigenvalue weighted by molar-refractivity contribution is 0.0943. The largest absolute Gasteiger partial charge is 0.486 e. The van der Waals surface area contributed by atoms with E-state index in [4.69, 9.17) is 16.3 Å². The van der Waals surface area contributed by atoms with Crippen LogP contribution in [0.5, 0.6) is 5.75 Å². The Morgan fingerprint density at radius 1 is 1.24 bits per heavy atom. The van der Waals surface area contributed by atoms with E-state index >= 15 is 0 Å². The van der Waals surface area contributed by atoms with Gasteiger partial charge in [-0.2, -0.15) is 0 Å². The van der Waals surface area contributed by atoms with Crippen LogP contribution in [0.4, 0.5) is 4.39 Å². The number of ether oxygens (including phenoxy) is 1. The van der Waals surface area contributed by atoms with Crippen molar-refractivity contribution >= 4 is 17.5 Å². The lowest BCUT2D eigenvalue weighted by atomic mass is 10.1. The zero-order valence-corrected chi connectivity index (χ0v) is 15.2. The van der Waals surface area contributed by atoms with Crippen LogP contribution in [0.15, 0.2) is 54.6 Å². The fourth-order valence-electron chi connectivity index (χ4n) is 2.45. The minimum absolute atomic E-state index is 0.0194. The van der Waals surface area contributed by atoms with Gasteiger partial charge in [0.1, 0.15) is 17.7 Å². The number of carbonyl (C=O) groups excluding carboxylic acids is 1. The van der Waals surface area contributed by atoms with Crippen molar-refractivity contribution in [2.45, 2.75) is 32.9 Å². The van der Waals surface area contributed by atoms with Gasteiger partial charge < -0.3 is 10.1 Å². The molecule has 2 aromatic rings. The fraction of sp³-hybridized carbons (Fsp3) is 0.250. The van der Waals surface area contributed by atoms with Crippen LogP contribution < -0.4 is 10.1 Å². The van der Waals surface area contributed by atoms with Gasteiger partial charge in [-0.25, -0.2) is 4.39 Å². The summed E-state index contributed by atoms with van der Waals surface area (Å²) < 4.78 is 20.0. The quantitative estimate of drug-likeness (QED) is 0.708.